The van der Waals surface area contributed by atoms with Gasteiger partial charge in [-0.05, 0) is 43.2 Å². The van der Waals surface area contributed by atoms with E-state index in [-0.39, 0.29) is 24.8 Å². The predicted octanol–water partition coefficient (Wildman–Crippen LogP) is 6.27. The molecule has 5 nitrogen and oxygen atoms in total. The molecule has 0 aliphatic heterocycles. The third-order valence-corrected chi connectivity index (χ3v) is 6.40. The van der Waals surface area contributed by atoms with Crippen LogP contribution in [0.15, 0.2) is 77.3 Å². The zero-order valence-electron chi connectivity index (χ0n) is 19.0. The highest BCUT2D eigenvalue weighted by Gasteiger charge is 2.22. The van der Waals surface area contributed by atoms with E-state index in [1.807, 2.05) is 86.6 Å². The minimum absolute atomic E-state index is 0.0688. The van der Waals surface area contributed by atoms with Crippen LogP contribution in [-0.2, 0) is 4.79 Å². The summed E-state index contributed by atoms with van der Waals surface area (Å²) in [7, 11) is 0. The minimum atomic E-state index is -0.901. The molecule has 0 saturated heterocycles. The third-order valence-electron chi connectivity index (χ3n) is 5.91. The van der Waals surface area contributed by atoms with E-state index in [0.29, 0.717) is 5.56 Å². The third kappa shape index (κ3) is 5.18. The monoisotopic (exact) mass is 516 g/mol. The van der Waals surface area contributed by atoms with E-state index in [9.17, 15) is 14.7 Å². The van der Waals surface area contributed by atoms with Crippen LogP contribution in [0.5, 0.6) is 0 Å². The van der Waals surface area contributed by atoms with Gasteiger partial charge in [0, 0.05) is 27.9 Å². The molecule has 172 valence electrons. The number of carboxylic acids is 1. The van der Waals surface area contributed by atoms with Crippen LogP contribution in [0.3, 0.4) is 0 Å². The van der Waals surface area contributed by atoms with Crippen molar-refractivity contribution < 1.29 is 14.7 Å². The minimum Gasteiger partial charge on any atom is -0.481 e. The summed E-state index contributed by atoms with van der Waals surface area (Å²) in [6, 6.07) is 23.2. The topological polar surface area (TPSA) is 79.3 Å². The van der Waals surface area contributed by atoms with Crippen molar-refractivity contribution in [2.75, 3.05) is 6.54 Å². The number of aromatic nitrogens is 1. The van der Waals surface area contributed by atoms with Gasteiger partial charge in [0.05, 0.1) is 23.2 Å². The summed E-state index contributed by atoms with van der Waals surface area (Å²) >= 11 is 3.51. The first-order valence-corrected chi connectivity index (χ1v) is 11.8. The Morgan fingerprint density at radius 3 is 2.47 bits per heavy atom. The maximum atomic E-state index is 13.6. The Morgan fingerprint density at radius 2 is 1.76 bits per heavy atom. The zero-order chi connectivity index (χ0) is 24.2. The van der Waals surface area contributed by atoms with Gasteiger partial charge in [0.1, 0.15) is 0 Å². The Hall–Kier alpha value is -3.51. The maximum absolute atomic E-state index is 13.6. The van der Waals surface area contributed by atoms with Gasteiger partial charge in [0.25, 0.3) is 5.91 Å². The van der Waals surface area contributed by atoms with Crippen molar-refractivity contribution in [3.63, 3.8) is 0 Å². The van der Waals surface area contributed by atoms with Crippen LogP contribution < -0.4 is 5.32 Å². The van der Waals surface area contributed by atoms with Crippen LogP contribution in [-0.4, -0.2) is 28.5 Å². The number of benzene rings is 3. The second-order valence-corrected chi connectivity index (χ2v) is 9.32. The number of carbonyl (C=O) groups is 2. The molecule has 0 fully saturated rings. The molecule has 0 unspecified atom stereocenters. The first kappa shape index (κ1) is 23.6. The van der Waals surface area contributed by atoms with Crippen LogP contribution >= 0.6 is 15.9 Å². The summed E-state index contributed by atoms with van der Waals surface area (Å²) < 4.78 is 0.853. The summed E-state index contributed by atoms with van der Waals surface area (Å²) in [5.41, 5.74) is 5.67. The van der Waals surface area contributed by atoms with Crippen LogP contribution in [0, 0.1) is 13.8 Å². The summed E-state index contributed by atoms with van der Waals surface area (Å²) in [4.78, 5) is 29.9. The molecule has 1 heterocycles. The Bertz CT molecular complexity index is 1370. The maximum Gasteiger partial charge on any atom is 0.304 e. The number of hydrogen-bond acceptors (Lipinski definition) is 3. The van der Waals surface area contributed by atoms with Gasteiger partial charge < -0.3 is 10.4 Å². The highest BCUT2D eigenvalue weighted by molar-refractivity contribution is 9.10. The van der Waals surface area contributed by atoms with Crippen molar-refractivity contribution in [1.29, 1.82) is 0 Å². The number of nitrogens with zero attached hydrogens (tertiary/aromatic N) is 1. The molecule has 0 bridgehead atoms. The molecule has 4 aromatic rings. The standard InChI is InChI=1S/C28H25BrN2O3/c1-17-7-6-10-20(13-17)21(14-25(32)33)16-30-28(34)26-18(2)27(19-8-4-3-5-9-19)31-24-12-11-22(29)15-23(24)26/h3-13,15,21H,14,16H2,1-2H3,(H,30,34)(H,32,33)/t21-/m0/s1. The fourth-order valence-electron chi connectivity index (χ4n) is 4.25. The molecule has 3 aromatic carbocycles. The average Bonchev–Trinajstić information content (AvgIpc) is 2.81. The van der Waals surface area contributed by atoms with Crippen molar-refractivity contribution in [1.82, 2.24) is 10.3 Å². The molecule has 1 aromatic heterocycles. The summed E-state index contributed by atoms with van der Waals surface area (Å²) in [5, 5.41) is 13.2. The van der Waals surface area contributed by atoms with Crippen LogP contribution in [0.2, 0.25) is 0 Å². The number of aryl methyl sites for hydroxylation is 1. The average molecular weight is 517 g/mol. The normalized spacial score (nSPS) is 11.9. The van der Waals surface area contributed by atoms with E-state index in [1.165, 1.54) is 0 Å². The van der Waals surface area contributed by atoms with E-state index in [1.54, 1.807) is 0 Å². The molecule has 0 saturated carbocycles. The largest absolute Gasteiger partial charge is 0.481 e. The predicted molar refractivity (Wildman–Crippen MR) is 138 cm³/mol. The van der Waals surface area contributed by atoms with E-state index in [4.69, 9.17) is 4.98 Å². The van der Waals surface area contributed by atoms with Crippen molar-refractivity contribution >= 4 is 38.7 Å². The Balaban J connectivity index is 1.73. The number of pyridine rings is 1. The van der Waals surface area contributed by atoms with Gasteiger partial charge in [0.15, 0.2) is 0 Å². The Kier molecular flexibility index (Phi) is 7.08. The number of carbonyl (C=O) groups excluding carboxylic acids is 1. The number of fused-ring (bicyclic) bond motifs is 1. The van der Waals surface area contributed by atoms with Gasteiger partial charge >= 0.3 is 5.97 Å². The number of nitrogens with one attached hydrogen (secondary N) is 1. The van der Waals surface area contributed by atoms with Crippen LogP contribution in [0.1, 0.15) is 39.4 Å². The Labute approximate surface area is 207 Å². The molecule has 0 aliphatic rings. The second-order valence-electron chi connectivity index (χ2n) is 8.41. The quantitative estimate of drug-likeness (QED) is 0.303. The number of hydrogen-bond donors (Lipinski definition) is 2. The molecule has 4 rings (SSSR count). The lowest BCUT2D eigenvalue weighted by Gasteiger charge is -2.19. The summed E-state index contributed by atoms with van der Waals surface area (Å²) in [6.45, 7) is 4.09. The van der Waals surface area contributed by atoms with Gasteiger partial charge in [-0.15, -0.1) is 0 Å². The molecule has 34 heavy (non-hydrogen) atoms. The van der Waals surface area contributed by atoms with E-state index < -0.39 is 5.97 Å². The second kappa shape index (κ2) is 10.2. The van der Waals surface area contributed by atoms with Crippen molar-refractivity contribution in [2.45, 2.75) is 26.2 Å². The molecule has 0 aliphatic carbocycles. The fraction of sp³-hybridized carbons (Fsp3) is 0.179. The van der Waals surface area contributed by atoms with Crippen LogP contribution in [0.4, 0.5) is 0 Å². The molecule has 6 heteroatoms. The van der Waals surface area contributed by atoms with Crippen LogP contribution in [0.25, 0.3) is 22.2 Å². The van der Waals surface area contributed by atoms with E-state index >= 15 is 0 Å². The van der Waals surface area contributed by atoms with Gasteiger partial charge in [-0.1, -0.05) is 76.1 Å². The van der Waals surface area contributed by atoms with Crippen molar-refractivity contribution in [2.24, 2.45) is 0 Å². The number of rotatable bonds is 7. The molecule has 2 N–H and O–H groups in total. The van der Waals surface area contributed by atoms with Gasteiger partial charge in [-0.2, -0.15) is 0 Å². The smallest absolute Gasteiger partial charge is 0.304 e. The summed E-state index contributed by atoms with van der Waals surface area (Å²) in [6.07, 6.45) is -0.0688. The number of aliphatic carboxylic acids is 1. The molecular weight excluding hydrogens is 492 g/mol. The van der Waals surface area contributed by atoms with Crippen molar-refractivity contribution in [3.05, 3.63) is 99.5 Å². The SMILES string of the molecule is Cc1cccc([C@H](CNC(=O)c2c(C)c(-c3ccccc3)nc3ccc(Br)cc23)CC(=O)O)c1. The first-order valence-electron chi connectivity index (χ1n) is 11.1. The Morgan fingerprint density at radius 1 is 1.00 bits per heavy atom. The molecule has 1 atom stereocenters. The fourth-order valence-corrected chi connectivity index (χ4v) is 4.61. The van der Waals surface area contributed by atoms with E-state index in [2.05, 4.69) is 21.2 Å². The summed E-state index contributed by atoms with van der Waals surface area (Å²) in [5.74, 6) is -1.49. The molecule has 0 spiro atoms. The lowest BCUT2D eigenvalue weighted by Crippen LogP contribution is -2.30. The first-order chi connectivity index (χ1) is 16.3. The molecule has 0 radical (unpaired) electrons. The zero-order valence-corrected chi connectivity index (χ0v) is 20.6. The highest BCUT2D eigenvalue weighted by atomic mass is 79.9. The lowest BCUT2D eigenvalue weighted by molar-refractivity contribution is -0.137. The number of halogens is 1. The van der Waals surface area contributed by atoms with Gasteiger partial charge in [0.2, 0.25) is 0 Å². The van der Waals surface area contributed by atoms with E-state index in [0.717, 1.165) is 43.3 Å². The van der Waals surface area contributed by atoms with Gasteiger partial charge in [-0.25, -0.2) is 4.98 Å². The molecule has 1 amide bonds. The molecular formula is C28H25BrN2O3. The van der Waals surface area contributed by atoms with Crippen molar-refractivity contribution in [3.8, 4) is 11.3 Å². The lowest BCUT2D eigenvalue weighted by atomic mass is 9.93. The number of carboxylic acid groups (broad SMARTS) is 1. The van der Waals surface area contributed by atoms with Gasteiger partial charge in [-0.3, -0.25) is 9.59 Å². The number of amides is 1. The highest BCUT2D eigenvalue weighted by Crippen LogP contribution is 2.31.